The average molecular weight is 226 g/mol. The lowest BCUT2D eigenvalue weighted by molar-refractivity contribution is 0.343. The van der Waals surface area contributed by atoms with Gasteiger partial charge in [-0.25, -0.2) is 0 Å². The minimum Gasteiger partial charge on any atom is -0.496 e. The quantitative estimate of drug-likeness (QED) is 0.782. The molecule has 3 rings (SSSR count). The third kappa shape index (κ3) is 1.66. The Kier molecular flexibility index (Phi) is 2.48. The lowest BCUT2D eigenvalue weighted by Gasteiger charge is -2.12. The molecule has 2 heteroatoms. The summed E-state index contributed by atoms with van der Waals surface area (Å²) >= 11 is 0. The molecule has 2 aromatic rings. The van der Waals surface area contributed by atoms with Gasteiger partial charge in [0.25, 0.3) is 0 Å². The standard InChI is InChI=1S/C15H14O2/c1-16-13-8-5-9-14-15(13)12(10-17-14)11-6-3-2-4-7-11/h2-9,12H,10H2,1H3. The average Bonchev–Trinajstić information content (AvgIpc) is 2.83. The van der Waals surface area contributed by atoms with Crippen LogP contribution in [0, 0.1) is 0 Å². The lowest BCUT2D eigenvalue weighted by Crippen LogP contribution is -2.03. The molecule has 0 saturated carbocycles. The number of hydrogen-bond acceptors (Lipinski definition) is 2. The predicted molar refractivity (Wildman–Crippen MR) is 66.8 cm³/mol. The van der Waals surface area contributed by atoms with Crippen LogP contribution in [0.4, 0.5) is 0 Å². The highest BCUT2D eigenvalue weighted by Gasteiger charge is 2.28. The van der Waals surface area contributed by atoms with Crippen LogP contribution in [0.5, 0.6) is 11.5 Å². The maximum atomic E-state index is 5.73. The third-order valence-corrected chi connectivity index (χ3v) is 3.20. The van der Waals surface area contributed by atoms with E-state index in [0.717, 1.165) is 11.5 Å². The van der Waals surface area contributed by atoms with Crippen molar-refractivity contribution < 1.29 is 9.47 Å². The van der Waals surface area contributed by atoms with Crippen molar-refractivity contribution in [3.8, 4) is 11.5 Å². The Morgan fingerprint density at radius 2 is 1.88 bits per heavy atom. The van der Waals surface area contributed by atoms with Gasteiger partial charge >= 0.3 is 0 Å². The van der Waals surface area contributed by atoms with Crippen LogP contribution in [0.15, 0.2) is 48.5 Å². The van der Waals surface area contributed by atoms with E-state index in [9.17, 15) is 0 Å². The molecule has 0 N–H and O–H groups in total. The topological polar surface area (TPSA) is 18.5 Å². The zero-order valence-corrected chi connectivity index (χ0v) is 9.72. The summed E-state index contributed by atoms with van der Waals surface area (Å²) in [5.74, 6) is 2.13. The van der Waals surface area contributed by atoms with E-state index < -0.39 is 0 Å². The minimum atomic E-state index is 0.280. The molecule has 0 spiro atoms. The van der Waals surface area contributed by atoms with Gasteiger partial charge in [-0.1, -0.05) is 36.4 Å². The van der Waals surface area contributed by atoms with Crippen molar-refractivity contribution in [2.75, 3.05) is 13.7 Å². The molecule has 0 saturated heterocycles. The highest BCUT2D eigenvalue weighted by atomic mass is 16.5. The van der Waals surface area contributed by atoms with Gasteiger partial charge in [0, 0.05) is 5.56 Å². The van der Waals surface area contributed by atoms with Crippen LogP contribution < -0.4 is 9.47 Å². The highest BCUT2D eigenvalue weighted by molar-refractivity contribution is 5.53. The Labute approximate surface area is 101 Å². The first kappa shape index (κ1) is 10.2. The molecular weight excluding hydrogens is 212 g/mol. The van der Waals surface area contributed by atoms with Crippen molar-refractivity contribution in [3.05, 3.63) is 59.7 Å². The SMILES string of the molecule is COc1cccc2c1C(c1ccccc1)CO2. The molecule has 1 aliphatic heterocycles. The number of fused-ring (bicyclic) bond motifs is 1. The summed E-state index contributed by atoms with van der Waals surface area (Å²) in [5.41, 5.74) is 2.44. The van der Waals surface area contributed by atoms with E-state index in [1.54, 1.807) is 7.11 Å². The largest absolute Gasteiger partial charge is 0.496 e. The molecule has 1 heterocycles. The van der Waals surface area contributed by atoms with Crippen molar-refractivity contribution in [1.29, 1.82) is 0 Å². The number of hydrogen-bond donors (Lipinski definition) is 0. The smallest absolute Gasteiger partial charge is 0.126 e. The number of methoxy groups -OCH3 is 1. The maximum Gasteiger partial charge on any atom is 0.126 e. The number of ether oxygens (including phenoxy) is 2. The van der Waals surface area contributed by atoms with Gasteiger partial charge in [0.1, 0.15) is 11.5 Å². The molecular formula is C15H14O2. The van der Waals surface area contributed by atoms with Gasteiger partial charge in [0.2, 0.25) is 0 Å². The molecule has 0 radical (unpaired) electrons. The highest BCUT2D eigenvalue weighted by Crippen LogP contribution is 2.43. The second-order valence-corrected chi connectivity index (χ2v) is 4.15. The third-order valence-electron chi connectivity index (χ3n) is 3.20. The van der Waals surface area contributed by atoms with E-state index in [4.69, 9.17) is 9.47 Å². The fourth-order valence-corrected chi connectivity index (χ4v) is 2.38. The van der Waals surface area contributed by atoms with Gasteiger partial charge < -0.3 is 9.47 Å². The molecule has 0 bridgehead atoms. The fourth-order valence-electron chi connectivity index (χ4n) is 2.38. The first-order valence-corrected chi connectivity index (χ1v) is 5.75. The van der Waals surface area contributed by atoms with Crippen molar-refractivity contribution in [2.45, 2.75) is 5.92 Å². The molecule has 1 aliphatic rings. The summed E-state index contributed by atoms with van der Waals surface area (Å²) in [6.45, 7) is 0.694. The molecule has 1 atom stereocenters. The first-order chi connectivity index (χ1) is 8.40. The van der Waals surface area contributed by atoms with E-state index in [-0.39, 0.29) is 5.92 Å². The van der Waals surface area contributed by atoms with Crippen molar-refractivity contribution in [2.24, 2.45) is 0 Å². The van der Waals surface area contributed by atoms with Crippen LogP contribution in [0.25, 0.3) is 0 Å². The molecule has 0 amide bonds. The van der Waals surface area contributed by atoms with Crippen LogP contribution in [-0.4, -0.2) is 13.7 Å². The molecule has 2 aromatic carbocycles. The van der Waals surface area contributed by atoms with Crippen LogP contribution in [-0.2, 0) is 0 Å². The molecule has 17 heavy (non-hydrogen) atoms. The Morgan fingerprint density at radius 1 is 1.06 bits per heavy atom. The summed E-state index contributed by atoms with van der Waals surface area (Å²) in [7, 11) is 1.70. The van der Waals surface area contributed by atoms with E-state index in [1.165, 1.54) is 11.1 Å². The molecule has 1 unspecified atom stereocenters. The van der Waals surface area contributed by atoms with Gasteiger partial charge in [-0.15, -0.1) is 0 Å². The van der Waals surface area contributed by atoms with E-state index in [0.29, 0.717) is 6.61 Å². The Hall–Kier alpha value is -1.96. The van der Waals surface area contributed by atoms with Crippen LogP contribution in [0.3, 0.4) is 0 Å². The van der Waals surface area contributed by atoms with Crippen LogP contribution >= 0.6 is 0 Å². The molecule has 86 valence electrons. The number of rotatable bonds is 2. The summed E-state index contributed by atoms with van der Waals surface area (Å²) in [5, 5.41) is 0. The molecule has 0 aromatic heterocycles. The van der Waals surface area contributed by atoms with E-state index >= 15 is 0 Å². The summed E-state index contributed by atoms with van der Waals surface area (Å²) in [6.07, 6.45) is 0. The summed E-state index contributed by atoms with van der Waals surface area (Å²) < 4.78 is 11.2. The van der Waals surface area contributed by atoms with Crippen LogP contribution in [0.2, 0.25) is 0 Å². The first-order valence-electron chi connectivity index (χ1n) is 5.75. The molecule has 0 fully saturated rings. The molecule has 2 nitrogen and oxygen atoms in total. The van der Waals surface area contributed by atoms with Gasteiger partial charge in [0.05, 0.1) is 19.6 Å². The Morgan fingerprint density at radius 3 is 2.65 bits per heavy atom. The van der Waals surface area contributed by atoms with Gasteiger partial charge in [-0.2, -0.15) is 0 Å². The summed E-state index contributed by atoms with van der Waals surface area (Å²) in [4.78, 5) is 0. The monoisotopic (exact) mass is 226 g/mol. The van der Waals surface area contributed by atoms with Gasteiger partial charge in [0.15, 0.2) is 0 Å². The minimum absolute atomic E-state index is 0.280. The second-order valence-electron chi connectivity index (χ2n) is 4.15. The summed E-state index contributed by atoms with van der Waals surface area (Å²) in [6, 6.07) is 16.4. The predicted octanol–water partition coefficient (Wildman–Crippen LogP) is 3.22. The lowest BCUT2D eigenvalue weighted by atomic mass is 9.92. The van der Waals surface area contributed by atoms with E-state index in [2.05, 4.69) is 24.3 Å². The van der Waals surface area contributed by atoms with Gasteiger partial charge in [-0.3, -0.25) is 0 Å². The van der Waals surface area contributed by atoms with Crippen molar-refractivity contribution >= 4 is 0 Å². The molecule has 0 aliphatic carbocycles. The van der Waals surface area contributed by atoms with E-state index in [1.807, 2.05) is 24.3 Å². The normalized spacial score (nSPS) is 17.4. The maximum absolute atomic E-state index is 5.73. The Bertz CT molecular complexity index is 520. The zero-order valence-electron chi connectivity index (χ0n) is 9.72. The van der Waals surface area contributed by atoms with Crippen molar-refractivity contribution in [3.63, 3.8) is 0 Å². The second kappa shape index (κ2) is 4.13. The van der Waals surface area contributed by atoms with Crippen molar-refractivity contribution in [1.82, 2.24) is 0 Å². The van der Waals surface area contributed by atoms with Crippen LogP contribution in [0.1, 0.15) is 17.0 Å². The zero-order chi connectivity index (χ0) is 11.7. The Balaban J connectivity index is 2.09. The van der Waals surface area contributed by atoms with Gasteiger partial charge in [-0.05, 0) is 17.7 Å². The fraction of sp³-hybridized carbons (Fsp3) is 0.200. The number of benzene rings is 2.